The number of pyridine rings is 1. The van der Waals surface area contributed by atoms with E-state index in [0.717, 1.165) is 5.52 Å². The molecule has 8 nitrogen and oxygen atoms in total. The van der Waals surface area contributed by atoms with Crippen LogP contribution in [0, 0.1) is 0 Å². The van der Waals surface area contributed by atoms with Crippen LogP contribution in [0.5, 0.6) is 0 Å². The number of nitrogens with zero attached hydrogens (tertiary/aromatic N) is 4. The molecule has 0 bridgehead atoms. The molecule has 150 valence electrons. The van der Waals surface area contributed by atoms with Gasteiger partial charge in [-0.3, -0.25) is 14.4 Å². The van der Waals surface area contributed by atoms with Gasteiger partial charge in [-0.2, -0.15) is 5.10 Å². The van der Waals surface area contributed by atoms with Crippen LogP contribution in [-0.4, -0.2) is 57.4 Å². The van der Waals surface area contributed by atoms with Crippen molar-refractivity contribution in [1.82, 2.24) is 19.4 Å². The summed E-state index contributed by atoms with van der Waals surface area (Å²) in [5, 5.41) is 4.66. The van der Waals surface area contributed by atoms with Crippen LogP contribution in [0.15, 0.2) is 70.1 Å². The molecule has 1 fully saturated rings. The molecule has 0 spiro atoms. The third-order valence-corrected chi connectivity index (χ3v) is 5.36. The Kier molecular flexibility index (Phi) is 4.31. The molecule has 2 amide bonds. The number of fused-ring (bicyclic) bond motifs is 2. The van der Waals surface area contributed by atoms with E-state index in [0.29, 0.717) is 42.7 Å². The lowest BCUT2D eigenvalue weighted by Crippen LogP contribution is -2.50. The van der Waals surface area contributed by atoms with Gasteiger partial charge in [-0.05, 0) is 24.3 Å². The zero-order valence-electron chi connectivity index (χ0n) is 16.0. The van der Waals surface area contributed by atoms with E-state index >= 15 is 0 Å². The summed E-state index contributed by atoms with van der Waals surface area (Å²) in [6.07, 6.45) is 3.36. The molecule has 3 aromatic heterocycles. The maximum absolute atomic E-state index is 12.9. The van der Waals surface area contributed by atoms with Gasteiger partial charge in [0.1, 0.15) is 5.58 Å². The molecule has 0 N–H and O–H groups in total. The minimum atomic E-state index is -0.346. The molecule has 0 radical (unpaired) electrons. The lowest BCUT2D eigenvalue weighted by atomic mass is 10.2. The summed E-state index contributed by atoms with van der Waals surface area (Å²) in [6.45, 7) is 1.51. The molecule has 1 aliphatic heterocycles. The zero-order chi connectivity index (χ0) is 20.7. The van der Waals surface area contributed by atoms with Crippen LogP contribution in [0.1, 0.15) is 20.9 Å². The third-order valence-electron chi connectivity index (χ3n) is 5.36. The molecule has 30 heavy (non-hydrogen) atoms. The second kappa shape index (κ2) is 7.14. The van der Waals surface area contributed by atoms with Crippen LogP contribution < -0.4 is 5.43 Å². The molecule has 1 aliphatic rings. The number of carbonyl (C=O) groups excluding carboxylic acids is 2. The van der Waals surface area contributed by atoms with Crippen molar-refractivity contribution in [2.45, 2.75) is 0 Å². The summed E-state index contributed by atoms with van der Waals surface area (Å²) >= 11 is 0. The maximum atomic E-state index is 12.9. The molecule has 8 heteroatoms. The van der Waals surface area contributed by atoms with E-state index in [2.05, 4.69) is 5.10 Å². The topological polar surface area (TPSA) is 88.1 Å². The number of rotatable bonds is 2. The van der Waals surface area contributed by atoms with Crippen molar-refractivity contribution in [2.75, 3.05) is 26.2 Å². The highest BCUT2D eigenvalue weighted by atomic mass is 16.3. The zero-order valence-corrected chi connectivity index (χ0v) is 16.0. The predicted molar refractivity (Wildman–Crippen MR) is 109 cm³/mol. The average molecular weight is 402 g/mol. The average Bonchev–Trinajstić information content (AvgIpc) is 3.22. The Morgan fingerprint density at radius 3 is 2.40 bits per heavy atom. The van der Waals surface area contributed by atoms with Crippen LogP contribution in [-0.2, 0) is 0 Å². The van der Waals surface area contributed by atoms with E-state index in [1.807, 2.05) is 18.2 Å². The van der Waals surface area contributed by atoms with Crippen LogP contribution >= 0.6 is 0 Å². The molecule has 0 unspecified atom stereocenters. The smallest absolute Gasteiger partial charge is 0.289 e. The molecule has 1 aromatic carbocycles. The molecular formula is C22H18N4O4. The van der Waals surface area contributed by atoms with E-state index in [-0.39, 0.29) is 23.0 Å². The lowest BCUT2D eigenvalue weighted by Gasteiger charge is -2.34. The first-order valence-electron chi connectivity index (χ1n) is 9.65. The monoisotopic (exact) mass is 402 g/mol. The standard InChI is InChI=1S/C22H18N4O4/c27-18-13-20(30-19-7-2-1-5-15(18)19)22(29)25-11-9-24(10-12-25)21(28)16-14-23-26-8-4-3-6-17(16)26/h1-8,13-14H,9-12H2. The number of carbonyl (C=O) groups is 2. The predicted octanol–water partition coefficient (Wildman–Crippen LogP) is 2.04. The Morgan fingerprint density at radius 1 is 0.900 bits per heavy atom. The Morgan fingerprint density at radius 2 is 1.60 bits per heavy atom. The van der Waals surface area contributed by atoms with E-state index in [1.165, 1.54) is 6.07 Å². The van der Waals surface area contributed by atoms with Crippen LogP contribution in [0.4, 0.5) is 0 Å². The fourth-order valence-electron chi connectivity index (χ4n) is 3.75. The van der Waals surface area contributed by atoms with Crippen molar-refractivity contribution in [3.63, 3.8) is 0 Å². The van der Waals surface area contributed by atoms with Crippen molar-refractivity contribution < 1.29 is 14.0 Å². The first kappa shape index (κ1) is 18.1. The van der Waals surface area contributed by atoms with Gasteiger partial charge >= 0.3 is 0 Å². The van der Waals surface area contributed by atoms with Crippen molar-refractivity contribution in [2.24, 2.45) is 0 Å². The number of aromatic nitrogens is 2. The molecule has 0 atom stereocenters. The minimum Gasteiger partial charge on any atom is -0.451 e. The Balaban J connectivity index is 1.31. The second-order valence-electron chi connectivity index (χ2n) is 7.14. The van der Waals surface area contributed by atoms with Crippen molar-refractivity contribution >= 4 is 28.3 Å². The molecule has 0 saturated carbocycles. The van der Waals surface area contributed by atoms with Crippen molar-refractivity contribution in [3.8, 4) is 0 Å². The largest absolute Gasteiger partial charge is 0.451 e. The molecule has 1 saturated heterocycles. The third kappa shape index (κ3) is 3.02. The van der Waals surface area contributed by atoms with E-state index in [4.69, 9.17) is 4.42 Å². The Bertz CT molecular complexity index is 1330. The van der Waals surface area contributed by atoms with E-state index < -0.39 is 0 Å². The maximum Gasteiger partial charge on any atom is 0.289 e. The van der Waals surface area contributed by atoms with Gasteiger partial charge < -0.3 is 14.2 Å². The van der Waals surface area contributed by atoms with E-state index in [1.54, 1.807) is 51.0 Å². The van der Waals surface area contributed by atoms with Gasteiger partial charge in [0.25, 0.3) is 11.8 Å². The molecule has 4 heterocycles. The number of piperazine rings is 1. The van der Waals surface area contributed by atoms with E-state index in [9.17, 15) is 14.4 Å². The molecular weight excluding hydrogens is 384 g/mol. The highest BCUT2D eigenvalue weighted by molar-refractivity contribution is 6.01. The number of hydrogen-bond donors (Lipinski definition) is 0. The van der Waals surface area contributed by atoms with Gasteiger partial charge in [-0.15, -0.1) is 0 Å². The van der Waals surface area contributed by atoms with Gasteiger partial charge in [0.2, 0.25) is 0 Å². The molecule has 0 aliphatic carbocycles. The van der Waals surface area contributed by atoms with Crippen molar-refractivity contribution in [1.29, 1.82) is 0 Å². The lowest BCUT2D eigenvalue weighted by molar-refractivity contribution is 0.0519. The summed E-state index contributed by atoms with van der Waals surface area (Å²) in [5.41, 5.74) is 1.42. The second-order valence-corrected chi connectivity index (χ2v) is 7.14. The Labute approximate surface area is 170 Å². The summed E-state index contributed by atoms with van der Waals surface area (Å²) < 4.78 is 7.32. The highest BCUT2D eigenvalue weighted by Gasteiger charge is 2.28. The number of amides is 2. The van der Waals surface area contributed by atoms with Gasteiger partial charge in [0.05, 0.1) is 22.7 Å². The number of para-hydroxylation sites is 1. The van der Waals surface area contributed by atoms with Crippen molar-refractivity contribution in [3.05, 3.63) is 82.5 Å². The highest BCUT2D eigenvalue weighted by Crippen LogP contribution is 2.17. The Hall–Kier alpha value is -3.94. The first-order valence-corrected chi connectivity index (χ1v) is 9.65. The fourth-order valence-corrected chi connectivity index (χ4v) is 3.75. The summed E-state index contributed by atoms with van der Waals surface area (Å²) in [4.78, 5) is 41.4. The summed E-state index contributed by atoms with van der Waals surface area (Å²) in [5.74, 6) is -0.442. The molecule has 4 aromatic rings. The van der Waals surface area contributed by atoms with Gasteiger partial charge in [-0.25, -0.2) is 4.52 Å². The number of hydrogen-bond acceptors (Lipinski definition) is 5. The summed E-state index contributed by atoms with van der Waals surface area (Å²) in [7, 11) is 0. The van der Waals surface area contributed by atoms with Gasteiger partial charge in [0, 0.05) is 38.4 Å². The van der Waals surface area contributed by atoms with Crippen LogP contribution in [0.2, 0.25) is 0 Å². The SMILES string of the molecule is O=C(c1cc(=O)c2ccccc2o1)N1CCN(C(=O)c2cnn3ccccc23)CC1. The van der Waals surface area contributed by atoms with Gasteiger partial charge in [-0.1, -0.05) is 18.2 Å². The normalized spacial score (nSPS) is 14.4. The van der Waals surface area contributed by atoms with Crippen LogP contribution in [0.25, 0.3) is 16.5 Å². The fraction of sp³-hybridized carbons (Fsp3) is 0.182. The molecule has 5 rings (SSSR count). The minimum absolute atomic E-state index is 0.0149. The number of benzene rings is 1. The first-order chi connectivity index (χ1) is 14.6. The van der Waals surface area contributed by atoms with Gasteiger partial charge in [0.15, 0.2) is 11.2 Å². The quantitative estimate of drug-likeness (QED) is 0.512. The van der Waals surface area contributed by atoms with Crippen LogP contribution in [0.3, 0.4) is 0 Å². The summed E-state index contributed by atoms with van der Waals surface area (Å²) in [6, 6.07) is 13.6.